The molecular weight excluding hydrogens is 244 g/mol. The molecule has 1 rings (SSSR count). The number of nitrogens with zero attached hydrogens (tertiary/aromatic N) is 1. The summed E-state index contributed by atoms with van der Waals surface area (Å²) in [5.41, 5.74) is 0.975. The van der Waals surface area contributed by atoms with E-state index in [1.165, 1.54) is 6.26 Å². The van der Waals surface area contributed by atoms with Crippen molar-refractivity contribution >= 4 is 21.2 Å². The quantitative estimate of drug-likeness (QED) is 0.874. The molecule has 2 unspecified atom stereocenters. The molecule has 1 N–H and O–H groups in total. The Bertz CT molecular complexity index is 439. The van der Waals surface area contributed by atoms with Crippen LogP contribution in [0.4, 0.5) is 0 Å². The highest BCUT2D eigenvalue weighted by Gasteiger charge is 2.15. The molecule has 0 aliphatic rings. The third-order valence-electron chi connectivity index (χ3n) is 2.17. The largest absolute Gasteiger partial charge is 0.305 e. The van der Waals surface area contributed by atoms with E-state index in [9.17, 15) is 8.42 Å². The van der Waals surface area contributed by atoms with Gasteiger partial charge in [-0.05, 0) is 20.8 Å². The maximum atomic E-state index is 11.1. The van der Waals surface area contributed by atoms with E-state index in [4.69, 9.17) is 0 Å². The van der Waals surface area contributed by atoms with Crippen molar-refractivity contribution in [3.63, 3.8) is 0 Å². The summed E-state index contributed by atoms with van der Waals surface area (Å²) in [5.74, 6) is 0.153. The summed E-state index contributed by atoms with van der Waals surface area (Å²) in [4.78, 5) is 4.37. The van der Waals surface area contributed by atoms with Gasteiger partial charge >= 0.3 is 0 Å². The number of rotatable bonds is 5. The van der Waals surface area contributed by atoms with Gasteiger partial charge in [-0.3, -0.25) is 0 Å². The molecule has 0 saturated carbocycles. The maximum Gasteiger partial charge on any atom is 0.148 e. The van der Waals surface area contributed by atoms with Gasteiger partial charge in [0.15, 0.2) is 0 Å². The summed E-state index contributed by atoms with van der Waals surface area (Å²) in [6, 6.07) is 0.0220. The van der Waals surface area contributed by atoms with Gasteiger partial charge in [0.2, 0.25) is 0 Å². The molecule has 1 aromatic heterocycles. The fraction of sp³-hybridized carbons (Fsp3) is 0.700. The standard InChI is InChI=1S/C10H18N2O2S2/c1-7(6-16(4,13)14)11-8(2)10-5-15-9(3)12-10/h5,7-8,11H,6H2,1-4H3. The second kappa shape index (κ2) is 5.25. The normalized spacial score (nSPS) is 16.0. The molecule has 1 heterocycles. The minimum atomic E-state index is -2.93. The number of sulfone groups is 1. The van der Waals surface area contributed by atoms with Crippen LogP contribution in [0, 0.1) is 6.92 Å². The molecule has 0 bridgehead atoms. The Kier molecular flexibility index (Phi) is 4.46. The molecule has 0 saturated heterocycles. The Morgan fingerprint density at radius 2 is 2.12 bits per heavy atom. The first-order valence-corrected chi connectivity index (χ1v) is 8.08. The molecule has 0 aliphatic heterocycles. The van der Waals surface area contributed by atoms with Crippen molar-refractivity contribution in [2.45, 2.75) is 32.9 Å². The molecule has 2 atom stereocenters. The molecule has 16 heavy (non-hydrogen) atoms. The van der Waals surface area contributed by atoms with Gasteiger partial charge in [0.05, 0.1) is 16.5 Å². The third-order valence-corrected chi connectivity index (χ3v) is 4.06. The number of hydrogen-bond donors (Lipinski definition) is 1. The summed E-state index contributed by atoms with van der Waals surface area (Å²) < 4.78 is 22.2. The minimum Gasteiger partial charge on any atom is -0.305 e. The first-order chi connectivity index (χ1) is 7.28. The monoisotopic (exact) mass is 262 g/mol. The first kappa shape index (κ1) is 13.6. The molecule has 0 aromatic carbocycles. The molecule has 4 nitrogen and oxygen atoms in total. The predicted octanol–water partition coefficient (Wildman–Crippen LogP) is 1.54. The Morgan fingerprint density at radius 1 is 1.50 bits per heavy atom. The highest BCUT2D eigenvalue weighted by atomic mass is 32.2. The fourth-order valence-electron chi connectivity index (χ4n) is 1.59. The third kappa shape index (κ3) is 4.59. The second-order valence-electron chi connectivity index (χ2n) is 4.17. The summed E-state index contributed by atoms with van der Waals surface area (Å²) in [7, 11) is -2.93. The molecule has 92 valence electrons. The number of hydrogen-bond acceptors (Lipinski definition) is 5. The summed E-state index contributed by atoms with van der Waals surface area (Å²) in [6.45, 7) is 5.82. The van der Waals surface area contributed by atoms with E-state index in [2.05, 4.69) is 10.3 Å². The number of thiazole rings is 1. The van der Waals surface area contributed by atoms with Crippen LogP contribution in [0.15, 0.2) is 5.38 Å². The lowest BCUT2D eigenvalue weighted by Gasteiger charge is -2.17. The van der Waals surface area contributed by atoms with E-state index in [0.717, 1.165) is 10.7 Å². The van der Waals surface area contributed by atoms with E-state index < -0.39 is 9.84 Å². The molecule has 1 aromatic rings. The van der Waals surface area contributed by atoms with Gasteiger partial charge < -0.3 is 5.32 Å². The van der Waals surface area contributed by atoms with Crippen molar-refractivity contribution in [1.29, 1.82) is 0 Å². The second-order valence-corrected chi connectivity index (χ2v) is 7.42. The van der Waals surface area contributed by atoms with Crippen LogP contribution >= 0.6 is 11.3 Å². The molecular formula is C10H18N2O2S2. The molecule has 0 fully saturated rings. The topological polar surface area (TPSA) is 59.1 Å². The van der Waals surface area contributed by atoms with Crippen LogP contribution in [-0.2, 0) is 9.84 Å². The van der Waals surface area contributed by atoms with Crippen LogP contribution in [0.2, 0.25) is 0 Å². The van der Waals surface area contributed by atoms with Crippen molar-refractivity contribution in [3.8, 4) is 0 Å². The van der Waals surface area contributed by atoms with E-state index in [0.29, 0.717) is 0 Å². The van der Waals surface area contributed by atoms with Crippen molar-refractivity contribution in [2.24, 2.45) is 0 Å². The average Bonchev–Trinajstić information content (AvgIpc) is 2.47. The van der Waals surface area contributed by atoms with Gasteiger partial charge in [0, 0.05) is 23.7 Å². The van der Waals surface area contributed by atoms with E-state index in [1.807, 2.05) is 26.2 Å². The van der Waals surface area contributed by atoms with Gasteiger partial charge in [0.1, 0.15) is 9.84 Å². The van der Waals surface area contributed by atoms with Gasteiger partial charge in [-0.1, -0.05) is 0 Å². The van der Waals surface area contributed by atoms with Crippen LogP contribution in [0.5, 0.6) is 0 Å². The van der Waals surface area contributed by atoms with Crippen molar-refractivity contribution in [2.75, 3.05) is 12.0 Å². The molecule has 0 amide bonds. The van der Waals surface area contributed by atoms with Gasteiger partial charge in [-0.15, -0.1) is 11.3 Å². The lowest BCUT2D eigenvalue weighted by Crippen LogP contribution is -2.34. The van der Waals surface area contributed by atoms with Crippen LogP contribution in [0.25, 0.3) is 0 Å². The van der Waals surface area contributed by atoms with Crippen LogP contribution in [-0.4, -0.2) is 31.5 Å². The Balaban J connectivity index is 2.55. The average molecular weight is 262 g/mol. The summed E-state index contributed by atoms with van der Waals surface area (Å²) in [5, 5.41) is 6.26. The smallest absolute Gasteiger partial charge is 0.148 e. The van der Waals surface area contributed by atoms with Crippen LogP contribution in [0.1, 0.15) is 30.6 Å². The highest BCUT2D eigenvalue weighted by Crippen LogP contribution is 2.16. The predicted molar refractivity (Wildman–Crippen MR) is 67.6 cm³/mol. The van der Waals surface area contributed by atoms with Crippen molar-refractivity contribution in [1.82, 2.24) is 10.3 Å². The SMILES string of the molecule is Cc1nc(C(C)NC(C)CS(C)(=O)=O)cs1. The number of aromatic nitrogens is 1. The minimum absolute atomic E-state index is 0.0630. The van der Waals surface area contributed by atoms with Crippen LogP contribution < -0.4 is 5.32 Å². The van der Waals surface area contributed by atoms with E-state index in [1.54, 1.807) is 11.3 Å². The maximum absolute atomic E-state index is 11.1. The molecule has 0 spiro atoms. The van der Waals surface area contributed by atoms with Crippen molar-refractivity contribution < 1.29 is 8.42 Å². The summed E-state index contributed by atoms with van der Waals surface area (Å²) in [6.07, 6.45) is 1.25. The Morgan fingerprint density at radius 3 is 2.56 bits per heavy atom. The highest BCUT2D eigenvalue weighted by molar-refractivity contribution is 7.90. The van der Waals surface area contributed by atoms with Crippen molar-refractivity contribution in [3.05, 3.63) is 16.1 Å². The van der Waals surface area contributed by atoms with Gasteiger partial charge in [-0.2, -0.15) is 0 Å². The first-order valence-electron chi connectivity index (χ1n) is 5.13. The zero-order valence-corrected chi connectivity index (χ0v) is 11.7. The van der Waals surface area contributed by atoms with E-state index in [-0.39, 0.29) is 17.8 Å². The lowest BCUT2D eigenvalue weighted by atomic mass is 10.2. The zero-order chi connectivity index (χ0) is 12.3. The van der Waals surface area contributed by atoms with Gasteiger partial charge in [0.25, 0.3) is 0 Å². The summed E-state index contributed by atoms with van der Waals surface area (Å²) >= 11 is 1.60. The van der Waals surface area contributed by atoms with Crippen LogP contribution in [0.3, 0.4) is 0 Å². The zero-order valence-electron chi connectivity index (χ0n) is 10.0. The number of nitrogens with one attached hydrogen (secondary N) is 1. The Hall–Kier alpha value is -0.460. The number of aryl methyl sites for hydroxylation is 1. The lowest BCUT2D eigenvalue weighted by molar-refractivity contribution is 0.494. The molecule has 6 heteroatoms. The Labute approximate surface area is 101 Å². The molecule has 0 aliphatic carbocycles. The molecule has 0 radical (unpaired) electrons. The van der Waals surface area contributed by atoms with E-state index >= 15 is 0 Å². The van der Waals surface area contributed by atoms with Gasteiger partial charge in [-0.25, -0.2) is 13.4 Å². The fourth-order valence-corrected chi connectivity index (χ4v) is 3.30.